The average molecular weight is 153 g/mol. The van der Waals surface area contributed by atoms with Gasteiger partial charge in [0.25, 0.3) is 0 Å². The van der Waals surface area contributed by atoms with Crippen LogP contribution in [0, 0.1) is 0 Å². The van der Waals surface area contributed by atoms with Crippen molar-refractivity contribution in [2.75, 3.05) is 19.6 Å². The van der Waals surface area contributed by atoms with Crippen molar-refractivity contribution in [1.82, 2.24) is 4.90 Å². The van der Waals surface area contributed by atoms with E-state index in [-0.39, 0.29) is 29.6 Å². The molecule has 10 heavy (non-hydrogen) atoms. The molecule has 0 saturated carbocycles. The molecule has 0 aliphatic heterocycles. The van der Waals surface area contributed by atoms with Gasteiger partial charge in [0.1, 0.15) is 6.29 Å². The molecule has 0 aliphatic carbocycles. The van der Waals surface area contributed by atoms with E-state index in [0.29, 0.717) is 6.42 Å². The van der Waals surface area contributed by atoms with Crippen LogP contribution < -0.4 is 0 Å². The Kier molecular flexibility index (Phi) is 12.7. The summed E-state index contributed by atoms with van der Waals surface area (Å²) in [5.74, 6) is 0. The minimum atomic E-state index is 0. The Morgan fingerprint density at radius 3 is 2.10 bits per heavy atom. The van der Waals surface area contributed by atoms with Crippen LogP contribution in [0.25, 0.3) is 0 Å². The third kappa shape index (κ3) is 6.75. The monoisotopic (exact) mass is 153 g/mol. The zero-order valence-electron chi connectivity index (χ0n) is 6.26. The molecule has 0 bridgehead atoms. The van der Waals surface area contributed by atoms with Gasteiger partial charge in [-0.3, -0.25) is 0 Å². The van der Waals surface area contributed by atoms with Gasteiger partial charge in [-0.05, 0) is 13.1 Å². The topological polar surface area (TPSA) is 20.3 Å². The van der Waals surface area contributed by atoms with Gasteiger partial charge in [-0.25, -0.2) is 0 Å². The molecule has 0 aromatic carbocycles. The molecule has 0 radical (unpaired) electrons. The summed E-state index contributed by atoms with van der Waals surface area (Å²) < 4.78 is 0. The van der Waals surface area contributed by atoms with Crippen molar-refractivity contribution < 1.29 is 4.79 Å². The van der Waals surface area contributed by atoms with E-state index in [2.05, 4.69) is 18.7 Å². The molecule has 0 aliphatic rings. The normalized spacial score (nSPS) is 9.10. The standard InChI is InChI=1S/C7H15NO.Na.H/c1-3-8(4-2)6-5-7-9;;/h7H,3-6H2,1-2H3;;. The summed E-state index contributed by atoms with van der Waals surface area (Å²) in [7, 11) is 0. The summed E-state index contributed by atoms with van der Waals surface area (Å²) in [5.41, 5.74) is 0. The van der Waals surface area contributed by atoms with E-state index in [4.69, 9.17) is 0 Å². The third-order valence-corrected chi connectivity index (χ3v) is 1.46. The summed E-state index contributed by atoms with van der Waals surface area (Å²) in [6.45, 7) is 7.22. The molecular weight excluding hydrogens is 137 g/mol. The maximum absolute atomic E-state index is 9.91. The van der Waals surface area contributed by atoms with Crippen molar-refractivity contribution in [1.29, 1.82) is 0 Å². The van der Waals surface area contributed by atoms with Crippen molar-refractivity contribution in [3.8, 4) is 0 Å². The number of hydrogen-bond acceptors (Lipinski definition) is 2. The minimum absolute atomic E-state index is 0. The summed E-state index contributed by atoms with van der Waals surface area (Å²) in [6.07, 6.45) is 1.64. The van der Waals surface area contributed by atoms with Gasteiger partial charge in [-0.1, -0.05) is 13.8 Å². The predicted molar refractivity (Wildman–Crippen MR) is 45.6 cm³/mol. The van der Waals surface area contributed by atoms with Crippen LogP contribution in [-0.4, -0.2) is 60.4 Å². The second-order valence-electron chi connectivity index (χ2n) is 1.98. The van der Waals surface area contributed by atoms with Crippen LogP contribution in [0.2, 0.25) is 0 Å². The van der Waals surface area contributed by atoms with Crippen LogP contribution in [0.4, 0.5) is 0 Å². The van der Waals surface area contributed by atoms with Gasteiger partial charge in [-0.2, -0.15) is 0 Å². The van der Waals surface area contributed by atoms with E-state index in [1.54, 1.807) is 0 Å². The van der Waals surface area contributed by atoms with Gasteiger partial charge in [-0.15, -0.1) is 0 Å². The van der Waals surface area contributed by atoms with E-state index < -0.39 is 0 Å². The molecule has 0 atom stereocenters. The molecule has 0 unspecified atom stereocenters. The first-order valence-electron chi connectivity index (χ1n) is 3.51. The van der Waals surface area contributed by atoms with Gasteiger partial charge < -0.3 is 9.69 Å². The van der Waals surface area contributed by atoms with Crippen LogP contribution in [0.3, 0.4) is 0 Å². The van der Waals surface area contributed by atoms with Crippen molar-refractivity contribution in [2.24, 2.45) is 0 Å². The maximum atomic E-state index is 9.91. The Labute approximate surface area is 85.3 Å². The molecule has 0 rings (SSSR count). The molecule has 0 fully saturated rings. The number of carbonyl (C=O) groups is 1. The van der Waals surface area contributed by atoms with E-state index >= 15 is 0 Å². The molecule has 56 valence electrons. The van der Waals surface area contributed by atoms with Crippen molar-refractivity contribution in [3.63, 3.8) is 0 Å². The molecule has 0 spiro atoms. The van der Waals surface area contributed by atoms with Gasteiger partial charge in [0, 0.05) is 13.0 Å². The average Bonchev–Trinajstić information content (AvgIpc) is 1.91. The first-order chi connectivity index (χ1) is 4.35. The van der Waals surface area contributed by atoms with E-state index in [0.717, 1.165) is 25.9 Å². The Bertz CT molecular complexity index is 74.0. The molecule has 2 nitrogen and oxygen atoms in total. The summed E-state index contributed by atoms with van der Waals surface area (Å²) in [6, 6.07) is 0. The summed E-state index contributed by atoms with van der Waals surface area (Å²) >= 11 is 0. The fourth-order valence-corrected chi connectivity index (χ4v) is 0.775. The van der Waals surface area contributed by atoms with Crippen LogP contribution in [0.5, 0.6) is 0 Å². The zero-order valence-corrected chi connectivity index (χ0v) is 6.26. The summed E-state index contributed by atoms with van der Waals surface area (Å²) in [4.78, 5) is 12.1. The molecule has 0 aromatic heterocycles. The number of carbonyl (C=O) groups excluding carboxylic acids is 1. The Hall–Kier alpha value is 0.630. The predicted octanol–water partition coefficient (Wildman–Crippen LogP) is 0.269. The SMILES string of the molecule is CCN(CC)CCC=O.[NaH]. The van der Waals surface area contributed by atoms with E-state index in [1.807, 2.05) is 0 Å². The van der Waals surface area contributed by atoms with Crippen molar-refractivity contribution in [3.05, 3.63) is 0 Å². The van der Waals surface area contributed by atoms with Crippen molar-refractivity contribution >= 4 is 35.8 Å². The molecule has 0 saturated heterocycles. The number of hydrogen-bond donors (Lipinski definition) is 0. The summed E-state index contributed by atoms with van der Waals surface area (Å²) in [5, 5.41) is 0. The Morgan fingerprint density at radius 2 is 1.80 bits per heavy atom. The molecular formula is C7H16NNaO. The van der Waals surface area contributed by atoms with Crippen LogP contribution >= 0.6 is 0 Å². The molecule has 0 amide bonds. The second-order valence-corrected chi connectivity index (χ2v) is 1.98. The van der Waals surface area contributed by atoms with Crippen LogP contribution in [0.1, 0.15) is 20.3 Å². The van der Waals surface area contributed by atoms with Crippen molar-refractivity contribution in [2.45, 2.75) is 20.3 Å². The molecule has 0 heterocycles. The molecule has 0 N–H and O–H groups in total. The molecule has 0 aromatic rings. The quantitative estimate of drug-likeness (QED) is 0.417. The fourth-order valence-electron chi connectivity index (χ4n) is 0.775. The first kappa shape index (κ1) is 13.2. The first-order valence-corrected chi connectivity index (χ1v) is 3.51. The van der Waals surface area contributed by atoms with Gasteiger partial charge >= 0.3 is 29.6 Å². The fraction of sp³-hybridized carbons (Fsp3) is 0.857. The van der Waals surface area contributed by atoms with Crippen LogP contribution in [-0.2, 0) is 4.79 Å². The van der Waals surface area contributed by atoms with Crippen LogP contribution in [0.15, 0.2) is 0 Å². The van der Waals surface area contributed by atoms with Gasteiger partial charge in [0.2, 0.25) is 0 Å². The van der Waals surface area contributed by atoms with E-state index in [9.17, 15) is 4.79 Å². The number of nitrogens with zero attached hydrogens (tertiary/aromatic N) is 1. The van der Waals surface area contributed by atoms with Gasteiger partial charge in [0.15, 0.2) is 0 Å². The Balaban J connectivity index is 0. The third-order valence-electron chi connectivity index (χ3n) is 1.46. The zero-order chi connectivity index (χ0) is 7.11. The second kappa shape index (κ2) is 9.63. The number of rotatable bonds is 5. The number of aldehydes is 1. The molecule has 3 heteroatoms. The van der Waals surface area contributed by atoms with Gasteiger partial charge in [0.05, 0.1) is 0 Å². The Morgan fingerprint density at radius 1 is 1.30 bits per heavy atom. The van der Waals surface area contributed by atoms with E-state index in [1.165, 1.54) is 0 Å².